The topological polar surface area (TPSA) is 83.6 Å². The Bertz CT molecular complexity index is 988. The molecule has 0 spiro atoms. The molecule has 1 saturated heterocycles. The fourth-order valence-corrected chi connectivity index (χ4v) is 4.14. The van der Waals surface area contributed by atoms with Gasteiger partial charge < -0.3 is 10.2 Å². The van der Waals surface area contributed by atoms with Crippen molar-refractivity contribution in [3.8, 4) is 0 Å². The minimum Gasteiger partial charge on any atom is -0.320 e. The number of hydrogen-bond acceptors (Lipinski definition) is 4. The van der Waals surface area contributed by atoms with E-state index in [1.807, 2.05) is 0 Å². The third-order valence-electron chi connectivity index (χ3n) is 4.11. The summed E-state index contributed by atoms with van der Waals surface area (Å²) >= 11 is 5.92. The maximum atomic E-state index is 12.6. The smallest absolute Gasteiger partial charge is 0.255 e. The lowest BCUT2D eigenvalue weighted by atomic mass is 10.2. The predicted molar refractivity (Wildman–Crippen MR) is 101 cm³/mol. The van der Waals surface area contributed by atoms with Crippen molar-refractivity contribution < 1.29 is 18.0 Å². The monoisotopic (exact) mass is 392 g/mol. The van der Waals surface area contributed by atoms with E-state index in [0.717, 1.165) is 12.7 Å². The number of para-hydroxylation sites is 2. The highest BCUT2D eigenvalue weighted by Crippen LogP contribution is 2.30. The summed E-state index contributed by atoms with van der Waals surface area (Å²) in [7, 11) is -3.56. The van der Waals surface area contributed by atoms with Gasteiger partial charge in [-0.25, -0.2) is 8.42 Å². The van der Waals surface area contributed by atoms with Gasteiger partial charge in [-0.05, 0) is 36.8 Å². The highest BCUT2D eigenvalue weighted by molar-refractivity contribution is 7.90. The molecule has 1 fully saturated rings. The molecule has 0 radical (unpaired) electrons. The summed E-state index contributed by atoms with van der Waals surface area (Å²) < 4.78 is 23.6. The van der Waals surface area contributed by atoms with Gasteiger partial charge in [0.05, 0.1) is 21.3 Å². The molecular formula is C18H17ClN2O4S. The van der Waals surface area contributed by atoms with Gasteiger partial charge in [0.25, 0.3) is 5.91 Å². The maximum Gasteiger partial charge on any atom is 0.255 e. The first kappa shape index (κ1) is 18.4. The summed E-state index contributed by atoms with van der Waals surface area (Å²) in [6.45, 7) is 0.602. The van der Waals surface area contributed by atoms with E-state index >= 15 is 0 Å². The molecule has 1 aliphatic rings. The zero-order chi connectivity index (χ0) is 18.9. The Morgan fingerprint density at radius 1 is 1.19 bits per heavy atom. The van der Waals surface area contributed by atoms with Crippen LogP contribution in [0, 0.1) is 0 Å². The molecule has 1 aliphatic heterocycles. The molecule has 3 rings (SSSR count). The fourth-order valence-electron chi connectivity index (χ4n) is 2.84. The van der Waals surface area contributed by atoms with E-state index in [0.29, 0.717) is 24.3 Å². The van der Waals surface area contributed by atoms with Crippen LogP contribution in [-0.2, 0) is 14.6 Å². The van der Waals surface area contributed by atoms with Crippen LogP contribution < -0.4 is 10.2 Å². The molecule has 0 atom stereocenters. The molecule has 0 aromatic heterocycles. The van der Waals surface area contributed by atoms with Gasteiger partial charge in [-0.3, -0.25) is 9.59 Å². The number of nitrogens with one attached hydrogen (secondary N) is 1. The minimum atomic E-state index is -3.56. The zero-order valence-corrected chi connectivity index (χ0v) is 15.6. The Hall–Kier alpha value is -2.38. The van der Waals surface area contributed by atoms with E-state index in [2.05, 4.69) is 5.32 Å². The standard InChI is InChI=1S/C18H17ClN2O4S/c1-26(24,25)16-11-12(8-9-13(16)19)18(23)20-14-5-2-3-6-15(14)21-10-4-7-17(21)22/h2-3,5-6,8-9,11H,4,7,10H2,1H3,(H,20,23). The second-order valence-electron chi connectivity index (χ2n) is 6.04. The lowest BCUT2D eigenvalue weighted by Crippen LogP contribution is -2.25. The lowest BCUT2D eigenvalue weighted by molar-refractivity contribution is -0.117. The molecule has 1 heterocycles. The molecule has 8 heteroatoms. The normalized spacial score (nSPS) is 14.5. The molecule has 2 aromatic carbocycles. The maximum absolute atomic E-state index is 12.6. The van der Waals surface area contributed by atoms with Crippen molar-refractivity contribution >= 4 is 44.6 Å². The van der Waals surface area contributed by atoms with Gasteiger partial charge in [-0.15, -0.1) is 0 Å². The second kappa shape index (κ2) is 7.09. The molecule has 2 amide bonds. The van der Waals surface area contributed by atoms with E-state index in [-0.39, 0.29) is 21.4 Å². The Balaban J connectivity index is 1.91. The van der Waals surface area contributed by atoms with Crippen LogP contribution in [0.1, 0.15) is 23.2 Å². The third-order valence-corrected chi connectivity index (χ3v) is 5.69. The molecule has 2 aromatic rings. The van der Waals surface area contributed by atoms with Gasteiger partial charge >= 0.3 is 0 Å². The van der Waals surface area contributed by atoms with E-state index in [1.54, 1.807) is 29.2 Å². The summed E-state index contributed by atoms with van der Waals surface area (Å²) in [6, 6.07) is 11.1. The Kier molecular flexibility index (Phi) is 5.02. The first-order valence-electron chi connectivity index (χ1n) is 7.98. The highest BCUT2D eigenvalue weighted by atomic mass is 35.5. The number of benzene rings is 2. The quantitative estimate of drug-likeness (QED) is 0.866. The van der Waals surface area contributed by atoms with Gasteiger partial charge in [0.1, 0.15) is 0 Å². The van der Waals surface area contributed by atoms with E-state index < -0.39 is 15.7 Å². The highest BCUT2D eigenvalue weighted by Gasteiger charge is 2.24. The predicted octanol–water partition coefficient (Wildman–Crippen LogP) is 3.12. The van der Waals surface area contributed by atoms with Crippen LogP contribution in [0.3, 0.4) is 0 Å². The van der Waals surface area contributed by atoms with Crippen molar-refractivity contribution in [2.75, 3.05) is 23.0 Å². The Morgan fingerprint density at radius 3 is 2.58 bits per heavy atom. The number of carbonyl (C=O) groups is 2. The average Bonchev–Trinajstić information content (AvgIpc) is 3.00. The molecule has 1 N–H and O–H groups in total. The summed E-state index contributed by atoms with van der Waals surface area (Å²) in [5, 5.41) is 2.81. The third kappa shape index (κ3) is 3.73. The SMILES string of the molecule is CS(=O)(=O)c1cc(C(=O)Nc2ccccc2N2CCCC2=O)ccc1Cl. The summed E-state index contributed by atoms with van der Waals surface area (Å²) in [6.07, 6.45) is 2.29. The Labute approximate surface area is 156 Å². The van der Waals surface area contributed by atoms with Crippen LogP contribution >= 0.6 is 11.6 Å². The molecular weight excluding hydrogens is 376 g/mol. The number of sulfone groups is 1. The Morgan fingerprint density at radius 2 is 1.92 bits per heavy atom. The zero-order valence-electron chi connectivity index (χ0n) is 14.0. The largest absolute Gasteiger partial charge is 0.320 e. The van der Waals surface area contributed by atoms with Crippen LogP contribution in [0.5, 0.6) is 0 Å². The first-order chi connectivity index (χ1) is 12.3. The molecule has 26 heavy (non-hydrogen) atoms. The summed E-state index contributed by atoms with van der Waals surface area (Å²) in [5.74, 6) is -0.469. The molecule has 0 bridgehead atoms. The second-order valence-corrected chi connectivity index (χ2v) is 8.43. The first-order valence-corrected chi connectivity index (χ1v) is 10.2. The average molecular weight is 393 g/mol. The number of halogens is 1. The van der Waals surface area contributed by atoms with E-state index in [1.165, 1.54) is 18.2 Å². The molecule has 0 aliphatic carbocycles. The van der Waals surface area contributed by atoms with E-state index in [9.17, 15) is 18.0 Å². The summed E-state index contributed by atoms with van der Waals surface area (Å²) in [5.41, 5.74) is 1.28. The minimum absolute atomic E-state index is 0.0116. The van der Waals surface area contributed by atoms with Crippen LogP contribution in [0.4, 0.5) is 11.4 Å². The summed E-state index contributed by atoms with van der Waals surface area (Å²) in [4.78, 5) is 26.1. The number of anilines is 2. The number of hydrogen-bond donors (Lipinski definition) is 1. The van der Waals surface area contributed by atoms with Gasteiger partial charge in [0.15, 0.2) is 9.84 Å². The van der Waals surface area contributed by atoms with Crippen molar-refractivity contribution in [2.45, 2.75) is 17.7 Å². The van der Waals surface area contributed by atoms with Crippen molar-refractivity contribution in [2.24, 2.45) is 0 Å². The van der Waals surface area contributed by atoms with Crippen LogP contribution in [0.2, 0.25) is 5.02 Å². The number of carbonyl (C=O) groups excluding carboxylic acids is 2. The van der Waals surface area contributed by atoms with Crippen molar-refractivity contribution in [3.05, 3.63) is 53.1 Å². The fraction of sp³-hybridized carbons (Fsp3) is 0.222. The van der Waals surface area contributed by atoms with Crippen molar-refractivity contribution in [3.63, 3.8) is 0 Å². The van der Waals surface area contributed by atoms with Crippen LogP contribution in [-0.4, -0.2) is 33.0 Å². The van der Waals surface area contributed by atoms with Gasteiger partial charge in [0, 0.05) is 24.8 Å². The van der Waals surface area contributed by atoms with Crippen molar-refractivity contribution in [1.82, 2.24) is 0 Å². The molecule has 0 unspecified atom stereocenters. The van der Waals surface area contributed by atoms with Gasteiger partial charge in [0.2, 0.25) is 5.91 Å². The van der Waals surface area contributed by atoms with Gasteiger partial charge in [-0.2, -0.15) is 0 Å². The molecule has 136 valence electrons. The number of amides is 2. The molecule has 6 nitrogen and oxygen atoms in total. The van der Waals surface area contributed by atoms with Crippen molar-refractivity contribution in [1.29, 1.82) is 0 Å². The van der Waals surface area contributed by atoms with E-state index in [4.69, 9.17) is 11.6 Å². The van der Waals surface area contributed by atoms with Gasteiger partial charge in [-0.1, -0.05) is 23.7 Å². The molecule has 0 saturated carbocycles. The number of nitrogens with zero attached hydrogens (tertiary/aromatic N) is 1. The van der Waals surface area contributed by atoms with Crippen LogP contribution in [0.15, 0.2) is 47.4 Å². The van der Waals surface area contributed by atoms with Crippen LogP contribution in [0.25, 0.3) is 0 Å². The number of rotatable bonds is 4. The lowest BCUT2D eigenvalue weighted by Gasteiger charge is -2.20.